The number of carbonyl (C=O) groups excluding carboxylic acids is 1. The molecular formula is C7H8N3O5P. The van der Waals surface area contributed by atoms with E-state index in [0.717, 1.165) is 11.0 Å². The number of aromatic nitrogens is 3. The summed E-state index contributed by atoms with van der Waals surface area (Å²) in [6, 6.07) is 7.70. The molecule has 0 aliphatic rings. The van der Waals surface area contributed by atoms with Crippen LogP contribution in [0.5, 0.6) is 0 Å². The first-order chi connectivity index (χ1) is 7.53. The van der Waals surface area contributed by atoms with E-state index in [0.29, 0.717) is 0 Å². The highest BCUT2D eigenvalue weighted by molar-refractivity contribution is 7.46. The van der Waals surface area contributed by atoms with E-state index >= 15 is 0 Å². The van der Waals surface area contributed by atoms with Crippen molar-refractivity contribution >= 4 is 25.3 Å². The van der Waals surface area contributed by atoms with Crippen molar-refractivity contribution in [3.8, 4) is 0 Å². The van der Waals surface area contributed by atoms with Crippen molar-refractivity contribution in [1.82, 2.24) is 15.4 Å². The van der Waals surface area contributed by atoms with Crippen molar-refractivity contribution < 1.29 is 23.7 Å². The highest BCUT2D eigenvalue weighted by Gasteiger charge is 2.11. The molecule has 0 fully saturated rings. The number of phosphoric ester groups is 1. The van der Waals surface area contributed by atoms with Gasteiger partial charge in [0, 0.05) is 0 Å². The predicted octanol–water partition coefficient (Wildman–Crippen LogP) is 0.210. The number of H-pyrrole nitrogens is 1. The molecule has 3 N–H and O–H groups in total. The maximum atomic E-state index is 9.47. The van der Waals surface area contributed by atoms with Gasteiger partial charge in [-0.2, -0.15) is 15.4 Å². The molecule has 16 heavy (non-hydrogen) atoms. The number of carbonyl (C=O) groups is 1. The van der Waals surface area contributed by atoms with E-state index in [-0.39, 0.29) is 6.47 Å². The molecule has 0 aliphatic carbocycles. The molecule has 2 rings (SSSR count). The van der Waals surface area contributed by atoms with Crippen LogP contribution < -0.4 is 0 Å². The first-order valence-electron chi connectivity index (χ1n) is 3.96. The van der Waals surface area contributed by atoms with Crippen LogP contribution in [-0.2, 0) is 13.9 Å². The Balaban J connectivity index is 0.000000168. The van der Waals surface area contributed by atoms with Gasteiger partial charge in [-0.1, -0.05) is 12.1 Å². The Bertz CT molecular complexity index is 477. The molecule has 0 atom stereocenters. The van der Waals surface area contributed by atoms with Crippen LogP contribution in [-0.4, -0.2) is 31.7 Å². The fourth-order valence-electron chi connectivity index (χ4n) is 0.842. The Morgan fingerprint density at radius 3 is 2.06 bits per heavy atom. The van der Waals surface area contributed by atoms with E-state index < -0.39 is 7.82 Å². The number of hydrogen-bond acceptors (Lipinski definition) is 5. The molecule has 86 valence electrons. The highest BCUT2D eigenvalue weighted by atomic mass is 31.2. The summed E-state index contributed by atoms with van der Waals surface area (Å²) in [5, 5.41) is 10.3. The summed E-state index contributed by atoms with van der Waals surface area (Å²) in [4.78, 5) is 24.5. The third-order valence-corrected chi connectivity index (χ3v) is 1.76. The Morgan fingerprint density at radius 2 is 1.75 bits per heavy atom. The van der Waals surface area contributed by atoms with Gasteiger partial charge in [-0.15, -0.1) is 0 Å². The molecule has 0 radical (unpaired) electrons. The number of benzene rings is 1. The lowest BCUT2D eigenvalue weighted by molar-refractivity contribution is -0.121. The molecule has 0 aliphatic heterocycles. The Labute approximate surface area is 89.5 Å². The van der Waals surface area contributed by atoms with E-state index in [9.17, 15) is 4.57 Å². The van der Waals surface area contributed by atoms with E-state index in [4.69, 9.17) is 14.6 Å². The standard InChI is InChI=1S/C6H5N3.CH3O5P/c1-2-4-6-5(3-1)7-9-8-6;2-1-6-7(3,4)5/h1-4H,(H,7,8,9);1H,(H2,3,4,5). The van der Waals surface area contributed by atoms with E-state index in [1.54, 1.807) is 0 Å². The predicted molar refractivity (Wildman–Crippen MR) is 53.1 cm³/mol. The van der Waals surface area contributed by atoms with Gasteiger partial charge >= 0.3 is 14.3 Å². The average molecular weight is 245 g/mol. The van der Waals surface area contributed by atoms with Gasteiger partial charge < -0.3 is 4.52 Å². The minimum atomic E-state index is -4.53. The second-order valence-electron chi connectivity index (χ2n) is 2.50. The Morgan fingerprint density at radius 1 is 1.25 bits per heavy atom. The van der Waals surface area contributed by atoms with Gasteiger partial charge in [0.15, 0.2) is 0 Å². The van der Waals surface area contributed by atoms with Gasteiger partial charge in [-0.25, -0.2) is 4.57 Å². The molecule has 2 aromatic rings. The number of para-hydroxylation sites is 2. The Hall–Kier alpha value is -1.76. The lowest BCUT2D eigenvalue weighted by Crippen LogP contribution is -1.81. The van der Waals surface area contributed by atoms with Crippen LogP contribution in [0.25, 0.3) is 11.0 Å². The third kappa shape index (κ3) is 4.18. The molecule has 1 heterocycles. The van der Waals surface area contributed by atoms with Crippen molar-refractivity contribution in [1.29, 1.82) is 0 Å². The molecule has 0 saturated heterocycles. The molecule has 1 aromatic heterocycles. The number of nitrogens with zero attached hydrogens (tertiary/aromatic N) is 2. The summed E-state index contributed by atoms with van der Waals surface area (Å²) in [5.74, 6) is 0. The van der Waals surface area contributed by atoms with Crippen LogP contribution in [0.4, 0.5) is 0 Å². The Kier molecular flexibility index (Phi) is 4.12. The monoisotopic (exact) mass is 245 g/mol. The lowest BCUT2D eigenvalue weighted by Gasteiger charge is -1.93. The fourth-order valence-corrected chi connectivity index (χ4v) is 0.954. The number of rotatable bonds is 2. The lowest BCUT2D eigenvalue weighted by atomic mass is 10.3. The average Bonchev–Trinajstić information content (AvgIpc) is 2.64. The summed E-state index contributed by atoms with van der Waals surface area (Å²) < 4.78 is 12.7. The summed E-state index contributed by atoms with van der Waals surface area (Å²) in [6.07, 6.45) is 0. The molecule has 0 saturated carbocycles. The zero-order valence-electron chi connectivity index (χ0n) is 7.85. The molecule has 0 bridgehead atoms. The van der Waals surface area contributed by atoms with Gasteiger partial charge in [-0.05, 0) is 12.1 Å². The number of nitrogens with one attached hydrogen (secondary N) is 1. The number of aromatic amines is 1. The molecule has 8 nitrogen and oxygen atoms in total. The number of phosphoric acid groups is 1. The van der Waals surface area contributed by atoms with Crippen molar-refractivity contribution in [3.05, 3.63) is 24.3 Å². The summed E-state index contributed by atoms with van der Waals surface area (Å²) in [5.41, 5.74) is 1.83. The SMILES string of the molecule is O=COP(=O)(O)O.c1ccc2n[nH]nc2c1. The quantitative estimate of drug-likeness (QED) is 0.510. The van der Waals surface area contributed by atoms with E-state index in [2.05, 4.69) is 19.9 Å². The van der Waals surface area contributed by atoms with Gasteiger partial charge in [0.1, 0.15) is 11.0 Å². The van der Waals surface area contributed by atoms with Gasteiger partial charge in [0.05, 0.1) is 0 Å². The number of fused-ring (bicyclic) bond motifs is 1. The van der Waals surface area contributed by atoms with E-state index in [1.165, 1.54) is 0 Å². The molecule has 0 unspecified atom stereocenters. The van der Waals surface area contributed by atoms with Gasteiger partial charge in [0.25, 0.3) is 0 Å². The van der Waals surface area contributed by atoms with E-state index in [1.807, 2.05) is 24.3 Å². The largest absolute Gasteiger partial charge is 0.526 e. The first-order valence-corrected chi connectivity index (χ1v) is 5.49. The van der Waals surface area contributed by atoms with Crippen LogP contribution in [0.3, 0.4) is 0 Å². The van der Waals surface area contributed by atoms with Crippen molar-refractivity contribution in [2.75, 3.05) is 0 Å². The van der Waals surface area contributed by atoms with Crippen LogP contribution in [0.2, 0.25) is 0 Å². The van der Waals surface area contributed by atoms with Crippen LogP contribution in [0.15, 0.2) is 24.3 Å². The maximum absolute atomic E-state index is 9.47. The molecule has 0 spiro atoms. The maximum Gasteiger partial charge on any atom is 0.526 e. The zero-order valence-corrected chi connectivity index (χ0v) is 8.74. The van der Waals surface area contributed by atoms with Gasteiger partial charge in [-0.3, -0.25) is 14.6 Å². The second-order valence-corrected chi connectivity index (χ2v) is 3.70. The third-order valence-electron chi connectivity index (χ3n) is 1.40. The molecule has 9 heteroatoms. The molecular weight excluding hydrogens is 237 g/mol. The van der Waals surface area contributed by atoms with Crippen LogP contribution in [0, 0.1) is 0 Å². The summed E-state index contributed by atoms with van der Waals surface area (Å²) in [6.45, 7) is -0.305. The summed E-state index contributed by atoms with van der Waals surface area (Å²) >= 11 is 0. The fraction of sp³-hybridized carbons (Fsp3) is 0. The minimum Gasteiger partial charge on any atom is -0.373 e. The topological polar surface area (TPSA) is 125 Å². The minimum absolute atomic E-state index is 0.305. The first kappa shape index (κ1) is 12.3. The van der Waals surface area contributed by atoms with Crippen molar-refractivity contribution in [3.63, 3.8) is 0 Å². The van der Waals surface area contributed by atoms with Crippen LogP contribution >= 0.6 is 7.82 Å². The van der Waals surface area contributed by atoms with Crippen molar-refractivity contribution in [2.45, 2.75) is 0 Å². The second kappa shape index (κ2) is 5.36. The number of hydrogen-bond donors (Lipinski definition) is 3. The molecule has 1 aromatic carbocycles. The van der Waals surface area contributed by atoms with Gasteiger partial charge in [0.2, 0.25) is 0 Å². The summed E-state index contributed by atoms with van der Waals surface area (Å²) in [7, 11) is -4.53. The molecule has 0 amide bonds. The van der Waals surface area contributed by atoms with Crippen LogP contribution in [0.1, 0.15) is 0 Å². The smallest absolute Gasteiger partial charge is 0.373 e. The van der Waals surface area contributed by atoms with Crippen molar-refractivity contribution in [2.24, 2.45) is 0 Å². The normalized spacial score (nSPS) is 10.4. The zero-order chi connectivity index (χ0) is 12.0. The highest BCUT2D eigenvalue weighted by Crippen LogP contribution is 2.33.